The largest absolute Gasteiger partial charge is 0.490 e. The molecule has 0 spiro atoms. The zero-order valence-electron chi connectivity index (χ0n) is 9.03. The van der Waals surface area contributed by atoms with Gasteiger partial charge in [-0.3, -0.25) is 0 Å². The standard InChI is InChI=1S/C12H16FNO2/c13-8-4-5-12(16-9-2-1-3-9)10(6-8)11(15)7-14/h4-6,9,11,15H,1-3,7,14H2. The Kier molecular flexibility index (Phi) is 3.41. The van der Waals surface area contributed by atoms with E-state index in [0.29, 0.717) is 11.3 Å². The summed E-state index contributed by atoms with van der Waals surface area (Å²) in [6.07, 6.45) is 2.55. The van der Waals surface area contributed by atoms with E-state index in [1.807, 2.05) is 0 Å². The Hall–Kier alpha value is -1.13. The van der Waals surface area contributed by atoms with Crippen molar-refractivity contribution < 1.29 is 14.2 Å². The van der Waals surface area contributed by atoms with E-state index in [9.17, 15) is 9.50 Å². The first kappa shape index (κ1) is 11.4. The van der Waals surface area contributed by atoms with Crippen LogP contribution in [0, 0.1) is 5.82 Å². The van der Waals surface area contributed by atoms with Crippen molar-refractivity contribution in [1.82, 2.24) is 0 Å². The second-order valence-corrected chi connectivity index (χ2v) is 4.10. The Labute approximate surface area is 94.0 Å². The SMILES string of the molecule is NCC(O)c1cc(F)ccc1OC1CCC1. The zero-order valence-corrected chi connectivity index (χ0v) is 9.03. The Balaban J connectivity index is 2.20. The van der Waals surface area contributed by atoms with E-state index in [1.54, 1.807) is 6.07 Å². The Bertz CT molecular complexity index is 366. The average molecular weight is 225 g/mol. The van der Waals surface area contributed by atoms with Crippen LogP contribution in [0.15, 0.2) is 18.2 Å². The van der Waals surface area contributed by atoms with Gasteiger partial charge in [0, 0.05) is 12.1 Å². The fraction of sp³-hybridized carbons (Fsp3) is 0.500. The van der Waals surface area contributed by atoms with Gasteiger partial charge in [0.1, 0.15) is 11.6 Å². The third-order valence-electron chi connectivity index (χ3n) is 2.90. The molecule has 88 valence electrons. The highest BCUT2D eigenvalue weighted by Crippen LogP contribution is 2.31. The highest BCUT2D eigenvalue weighted by atomic mass is 19.1. The fourth-order valence-corrected chi connectivity index (χ4v) is 1.68. The number of nitrogens with two attached hydrogens (primary N) is 1. The predicted molar refractivity (Wildman–Crippen MR) is 58.7 cm³/mol. The molecule has 1 aliphatic carbocycles. The second kappa shape index (κ2) is 4.80. The number of aliphatic hydroxyl groups excluding tert-OH is 1. The third-order valence-corrected chi connectivity index (χ3v) is 2.90. The lowest BCUT2D eigenvalue weighted by atomic mass is 9.96. The van der Waals surface area contributed by atoms with Gasteiger partial charge in [0.05, 0.1) is 12.2 Å². The van der Waals surface area contributed by atoms with E-state index >= 15 is 0 Å². The van der Waals surface area contributed by atoms with Crippen molar-refractivity contribution in [3.05, 3.63) is 29.6 Å². The van der Waals surface area contributed by atoms with Crippen LogP contribution in [-0.4, -0.2) is 17.8 Å². The first-order valence-corrected chi connectivity index (χ1v) is 5.55. The molecule has 1 saturated carbocycles. The van der Waals surface area contributed by atoms with Gasteiger partial charge in [0.25, 0.3) is 0 Å². The van der Waals surface area contributed by atoms with Crippen LogP contribution in [0.4, 0.5) is 4.39 Å². The van der Waals surface area contributed by atoms with Crippen molar-refractivity contribution in [1.29, 1.82) is 0 Å². The highest BCUT2D eigenvalue weighted by molar-refractivity contribution is 5.36. The number of aliphatic hydroxyl groups is 1. The lowest BCUT2D eigenvalue weighted by molar-refractivity contribution is 0.111. The highest BCUT2D eigenvalue weighted by Gasteiger charge is 2.22. The molecule has 0 bridgehead atoms. The summed E-state index contributed by atoms with van der Waals surface area (Å²) in [7, 11) is 0. The monoisotopic (exact) mass is 225 g/mol. The van der Waals surface area contributed by atoms with Crippen LogP contribution in [0.2, 0.25) is 0 Å². The van der Waals surface area contributed by atoms with Crippen LogP contribution in [0.25, 0.3) is 0 Å². The van der Waals surface area contributed by atoms with Crippen LogP contribution >= 0.6 is 0 Å². The summed E-state index contributed by atoms with van der Waals surface area (Å²) < 4.78 is 18.7. The van der Waals surface area contributed by atoms with Crippen LogP contribution in [-0.2, 0) is 0 Å². The van der Waals surface area contributed by atoms with Gasteiger partial charge in [-0.1, -0.05) is 0 Å². The van der Waals surface area contributed by atoms with E-state index < -0.39 is 6.10 Å². The number of halogens is 1. The summed E-state index contributed by atoms with van der Waals surface area (Å²) in [4.78, 5) is 0. The molecule has 1 fully saturated rings. The molecule has 1 aromatic rings. The van der Waals surface area contributed by atoms with E-state index in [0.717, 1.165) is 12.8 Å². The van der Waals surface area contributed by atoms with Gasteiger partial charge < -0.3 is 15.6 Å². The molecule has 0 amide bonds. The van der Waals surface area contributed by atoms with Crippen LogP contribution in [0.1, 0.15) is 30.9 Å². The second-order valence-electron chi connectivity index (χ2n) is 4.10. The van der Waals surface area contributed by atoms with Crippen LogP contribution in [0.5, 0.6) is 5.75 Å². The summed E-state index contributed by atoms with van der Waals surface area (Å²) in [6.45, 7) is 0.0600. The van der Waals surface area contributed by atoms with Gasteiger partial charge in [0.2, 0.25) is 0 Å². The summed E-state index contributed by atoms with van der Waals surface area (Å²) in [5.41, 5.74) is 5.81. The molecular weight excluding hydrogens is 209 g/mol. The molecule has 16 heavy (non-hydrogen) atoms. The molecule has 1 aliphatic rings. The van der Waals surface area contributed by atoms with E-state index in [1.165, 1.54) is 18.6 Å². The van der Waals surface area contributed by atoms with Crippen molar-refractivity contribution in [3.63, 3.8) is 0 Å². The lowest BCUT2D eigenvalue weighted by Gasteiger charge is -2.28. The van der Waals surface area contributed by atoms with E-state index in [2.05, 4.69) is 0 Å². The molecule has 0 radical (unpaired) electrons. The van der Waals surface area contributed by atoms with Gasteiger partial charge in [0.15, 0.2) is 0 Å². The van der Waals surface area contributed by atoms with E-state index in [4.69, 9.17) is 10.5 Å². The third kappa shape index (κ3) is 2.33. The molecule has 0 aliphatic heterocycles. The smallest absolute Gasteiger partial charge is 0.125 e. The normalized spacial score (nSPS) is 17.9. The van der Waals surface area contributed by atoms with Gasteiger partial charge in [-0.15, -0.1) is 0 Å². The lowest BCUT2D eigenvalue weighted by Crippen LogP contribution is -2.25. The van der Waals surface area contributed by atoms with Crippen molar-refractivity contribution in [2.75, 3.05) is 6.54 Å². The van der Waals surface area contributed by atoms with Crippen LogP contribution < -0.4 is 10.5 Å². The zero-order chi connectivity index (χ0) is 11.5. The van der Waals surface area contributed by atoms with Gasteiger partial charge in [-0.05, 0) is 37.5 Å². The van der Waals surface area contributed by atoms with Gasteiger partial charge in [-0.2, -0.15) is 0 Å². The molecule has 4 heteroatoms. The molecule has 1 unspecified atom stereocenters. The van der Waals surface area contributed by atoms with Gasteiger partial charge >= 0.3 is 0 Å². The molecule has 1 atom stereocenters. The van der Waals surface area contributed by atoms with Crippen molar-refractivity contribution in [3.8, 4) is 5.75 Å². The maximum atomic E-state index is 13.1. The first-order valence-electron chi connectivity index (χ1n) is 5.55. The summed E-state index contributed by atoms with van der Waals surface area (Å²) in [5.74, 6) is 0.160. The summed E-state index contributed by atoms with van der Waals surface area (Å²) in [6, 6.07) is 4.17. The van der Waals surface area contributed by atoms with Crippen LogP contribution in [0.3, 0.4) is 0 Å². The number of ether oxygens (including phenoxy) is 1. The number of hydrogen-bond acceptors (Lipinski definition) is 3. The number of benzene rings is 1. The molecule has 3 nitrogen and oxygen atoms in total. The van der Waals surface area contributed by atoms with Gasteiger partial charge in [-0.25, -0.2) is 4.39 Å². The number of hydrogen-bond donors (Lipinski definition) is 2. The summed E-state index contributed by atoms with van der Waals surface area (Å²) >= 11 is 0. The minimum Gasteiger partial charge on any atom is -0.490 e. The Morgan fingerprint density at radius 2 is 2.25 bits per heavy atom. The molecule has 0 aromatic heterocycles. The summed E-state index contributed by atoms with van der Waals surface area (Å²) in [5, 5.41) is 9.67. The predicted octanol–water partition coefficient (Wildman–Crippen LogP) is 1.75. The molecule has 2 rings (SSSR count). The molecular formula is C12H16FNO2. The molecule has 1 aromatic carbocycles. The topological polar surface area (TPSA) is 55.5 Å². The fourth-order valence-electron chi connectivity index (χ4n) is 1.68. The maximum Gasteiger partial charge on any atom is 0.125 e. The van der Waals surface area contributed by atoms with E-state index in [-0.39, 0.29) is 18.5 Å². The number of rotatable bonds is 4. The van der Waals surface area contributed by atoms with Crippen molar-refractivity contribution in [2.45, 2.75) is 31.5 Å². The van der Waals surface area contributed by atoms with Crippen molar-refractivity contribution >= 4 is 0 Å². The average Bonchev–Trinajstić information content (AvgIpc) is 2.23. The minimum absolute atomic E-state index is 0.0600. The molecule has 0 heterocycles. The maximum absolute atomic E-state index is 13.1. The minimum atomic E-state index is -0.870. The molecule has 3 N–H and O–H groups in total. The Morgan fingerprint density at radius 1 is 1.50 bits per heavy atom. The van der Waals surface area contributed by atoms with Crippen molar-refractivity contribution in [2.24, 2.45) is 5.73 Å². The molecule has 0 saturated heterocycles. The Morgan fingerprint density at radius 3 is 2.81 bits per heavy atom. The first-order chi connectivity index (χ1) is 7.70. The quantitative estimate of drug-likeness (QED) is 0.820.